The molecule has 1 N–H and O–H groups in total. The highest BCUT2D eigenvalue weighted by Gasteiger charge is 2.32. The third-order valence-corrected chi connectivity index (χ3v) is 3.97. The van der Waals surface area contributed by atoms with Crippen LogP contribution in [0.25, 0.3) is 0 Å². The second-order valence-electron chi connectivity index (χ2n) is 4.83. The molecule has 0 aliphatic heterocycles. The molecular weight excluding hydrogens is 188 g/mol. The molecule has 0 bridgehead atoms. The minimum atomic E-state index is -0.0528. The number of nitrogens with zero attached hydrogens (tertiary/aromatic N) is 1. The Morgan fingerprint density at radius 2 is 2.13 bits per heavy atom. The Kier molecular flexibility index (Phi) is 2.11. The summed E-state index contributed by atoms with van der Waals surface area (Å²) in [5, 5.41) is 6.85. The first-order valence-corrected chi connectivity index (χ1v) is 5.93. The van der Waals surface area contributed by atoms with Gasteiger partial charge >= 0.3 is 0 Å². The summed E-state index contributed by atoms with van der Waals surface area (Å²) in [7, 11) is 0. The number of hydrogen-bond donors (Lipinski definition) is 1. The molecule has 1 saturated carbocycles. The molecule has 2 aliphatic carbocycles. The molecule has 80 valence electrons. The van der Waals surface area contributed by atoms with Gasteiger partial charge in [0.15, 0.2) is 0 Å². The van der Waals surface area contributed by atoms with E-state index in [-0.39, 0.29) is 5.56 Å². The highest BCUT2D eigenvalue weighted by Crippen LogP contribution is 2.43. The molecule has 0 saturated heterocycles. The van der Waals surface area contributed by atoms with Crippen molar-refractivity contribution < 1.29 is 0 Å². The molecule has 0 spiro atoms. The third kappa shape index (κ3) is 1.50. The normalized spacial score (nSPS) is 29.3. The summed E-state index contributed by atoms with van der Waals surface area (Å²) >= 11 is 0. The van der Waals surface area contributed by atoms with Gasteiger partial charge in [-0.1, -0.05) is 12.8 Å². The predicted octanol–water partition coefficient (Wildman–Crippen LogP) is 1.99. The maximum Gasteiger partial charge on any atom is 0.264 e. The van der Waals surface area contributed by atoms with Gasteiger partial charge < -0.3 is 0 Å². The van der Waals surface area contributed by atoms with E-state index in [0.717, 1.165) is 12.3 Å². The smallest absolute Gasteiger partial charge is 0.264 e. The molecule has 3 rings (SSSR count). The minimum absolute atomic E-state index is 0.0528. The summed E-state index contributed by atoms with van der Waals surface area (Å²) in [6.07, 6.45) is 7.61. The van der Waals surface area contributed by atoms with Crippen LogP contribution in [0.1, 0.15) is 49.3 Å². The van der Waals surface area contributed by atoms with Gasteiger partial charge in [-0.05, 0) is 37.2 Å². The lowest BCUT2D eigenvalue weighted by Crippen LogP contribution is -2.27. The van der Waals surface area contributed by atoms with E-state index in [1.807, 2.05) is 0 Å². The highest BCUT2D eigenvalue weighted by molar-refractivity contribution is 5.25. The van der Waals surface area contributed by atoms with Gasteiger partial charge in [-0.2, -0.15) is 5.10 Å². The summed E-state index contributed by atoms with van der Waals surface area (Å²) in [5.74, 6) is 1.45. The van der Waals surface area contributed by atoms with Crippen LogP contribution >= 0.6 is 0 Å². The quantitative estimate of drug-likeness (QED) is 0.702. The number of fused-ring (bicyclic) bond motifs is 3. The molecule has 0 aromatic carbocycles. The Bertz CT molecular complexity index is 424. The van der Waals surface area contributed by atoms with E-state index in [0.29, 0.717) is 5.92 Å². The van der Waals surface area contributed by atoms with Crippen molar-refractivity contribution in [3.8, 4) is 0 Å². The minimum Gasteiger partial charge on any atom is -0.268 e. The molecule has 2 atom stereocenters. The summed E-state index contributed by atoms with van der Waals surface area (Å²) in [6.45, 7) is 0. The predicted molar refractivity (Wildman–Crippen MR) is 57.9 cm³/mol. The maximum absolute atomic E-state index is 11.2. The average molecular weight is 204 g/mol. The van der Waals surface area contributed by atoms with E-state index in [2.05, 4.69) is 10.2 Å². The highest BCUT2D eigenvalue weighted by atomic mass is 16.1. The van der Waals surface area contributed by atoms with E-state index < -0.39 is 0 Å². The van der Waals surface area contributed by atoms with Gasteiger partial charge in [-0.25, -0.2) is 5.10 Å². The number of aromatic nitrogens is 2. The number of aromatic amines is 1. The van der Waals surface area contributed by atoms with Crippen molar-refractivity contribution in [2.75, 3.05) is 0 Å². The summed E-state index contributed by atoms with van der Waals surface area (Å²) < 4.78 is 0. The first kappa shape index (κ1) is 9.13. The SMILES string of the molecule is O=c1cc2c(n[nH]1)C1CCCCC1CC2. The zero-order valence-electron chi connectivity index (χ0n) is 8.83. The standard InChI is InChI=1S/C12H16N2O/c15-11-7-9-6-5-8-3-1-2-4-10(8)12(9)14-13-11/h7-8,10H,1-6H2,(H,13,15). The fourth-order valence-electron chi connectivity index (χ4n) is 3.23. The lowest BCUT2D eigenvalue weighted by Gasteiger charge is -2.35. The lowest BCUT2D eigenvalue weighted by molar-refractivity contribution is 0.268. The largest absolute Gasteiger partial charge is 0.268 e. The summed E-state index contributed by atoms with van der Waals surface area (Å²) in [5.41, 5.74) is 2.33. The Morgan fingerprint density at radius 3 is 3.07 bits per heavy atom. The number of rotatable bonds is 0. The molecular formula is C12H16N2O. The number of H-pyrrole nitrogens is 1. The van der Waals surface area contributed by atoms with E-state index in [1.54, 1.807) is 6.07 Å². The second kappa shape index (κ2) is 3.47. The van der Waals surface area contributed by atoms with Crippen LogP contribution < -0.4 is 5.56 Å². The molecule has 1 aromatic heterocycles. The Balaban J connectivity index is 2.03. The first-order chi connectivity index (χ1) is 7.34. The van der Waals surface area contributed by atoms with Crippen LogP contribution in [0, 0.1) is 5.92 Å². The number of hydrogen-bond acceptors (Lipinski definition) is 2. The van der Waals surface area contributed by atoms with E-state index in [9.17, 15) is 4.79 Å². The molecule has 0 amide bonds. The van der Waals surface area contributed by atoms with E-state index in [4.69, 9.17) is 0 Å². The second-order valence-corrected chi connectivity index (χ2v) is 4.83. The molecule has 0 radical (unpaired) electrons. The maximum atomic E-state index is 11.2. The lowest BCUT2D eigenvalue weighted by atomic mass is 9.70. The number of nitrogens with one attached hydrogen (secondary N) is 1. The molecule has 1 fully saturated rings. The van der Waals surface area contributed by atoms with Crippen LogP contribution in [-0.2, 0) is 6.42 Å². The fourth-order valence-corrected chi connectivity index (χ4v) is 3.23. The molecule has 1 heterocycles. The Labute approximate surface area is 88.9 Å². The van der Waals surface area contributed by atoms with Gasteiger partial charge in [0, 0.05) is 12.0 Å². The molecule has 3 nitrogen and oxygen atoms in total. The van der Waals surface area contributed by atoms with Crippen LogP contribution in [0.2, 0.25) is 0 Å². The van der Waals surface area contributed by atoms with Crippen molar-refractivity contribution >= 4 is 0 Å². The van der Waals surface area contributed by atoms with Crippen molar-refractivity contribution in [3.05, 3.63) is 27.7 Å². The Hall–Kier alpha value is -1.12. The third-order valence-electron chi connectivity index (χ3n) is 3.97. The molecule has 1 aromatic rings. The summed E-state index contributed by atoms with van der Waals surface area (Å²) in [4.78, 5) is 11.2. The van der Waals surface area contributed by atoms with Crippen LogP contribution in [-0.4, -0.2) is 10.2 Å². The monoisotopic (exact) mass is 204 g/mol. The Morgan fingerprint density at radius 1 is 1.27 bits per heavy atom. The molecule has 15 heavy (non-hydrogen) atoms. The van der Waals surface area contributed by atoms with Crippen molar-refractivity contribution in [1.29, 1.82) is 0 Å². The van der Waals surface area contributed by atoms with Crippen LogP contribution in [0.15, 0.2) is 10.9 Å². The van der Waals surface area contributed by atoms with Crippen molar-refractivity contribution in [1.82, 2.24) is 10.2 Å². The van der Waals surface area contributed by atoms with Gasteiger partial charge in [0.1, 0.15) is 0 Å². The van der Waals surface area contributed by atoms with Crippen LogP contribution in [0.5, 0.6) is 0 Å². The zero-order chi connectivity index (χ0) is 10.3. The van der Waals surface area contributed by atoms with E-state index >= 15 is 0 Å². The number of aryl methyl sites for hydroxylation is 1. The van der Waals surface area contributed by atoms with Gasteiger partial charge in [-0.3, -0.25) is 4.79 Å². The van der Waals surface area contributed by atoms with Crippen molar-refractivity contribution in [2.24, 2.45) is 5.92 Å². The van der Waals surface area contributed by atoms with Gasteiger partial charge in [0.25, 0.3) is 5.56 Å². The van der Waals surface area contributed by atoms with E-state index in [1.165, 1.54) is 43.4 Å². The van der Waals surface area contributed by atoms with Gasteiger partial charge in [0.05, 0.1) is 5.69 Å². The van der Waals surface area contributed by atoms with Gasteiger partial charge in [0.2, 0.25) is 0 Å². The first-order valence-electron chi connectivity index (χ1n) is 5.93. The van der Waals surface area contributed by atoms with Crippen LogP contribution in [0.4, 0.5) is 0 Å². The van der Waals surface area contributed by atoms with Crippen LogP contribution in [0.3, 0.4) is 0 Å². The average Bonchev–Trinajstić information content (AvgIpc) is 2.28. The molecule has 3 heteroatoms. The summed E-state index contributed by atoms with van der Waals surface area (Å²) in [6, 6.07) is 1.74. The van der Waals surface area contributed by atoms with Gasteiger partial charge in [-0.15, -0.1) is 0 Å². The zero-order valence-corrected chi connectivity index (χ0v) is 8.83. The molecule has 2 aliphatic rings. The topological polar surface area (TPSA) is 45.8 Å². The van der Waals surface area contributed by atoms with Crippen molar-refractivity contribution in [3.63, 3.8) is 0 Å². The molecule has 2 unspecified atom stereocenters. The van der Waals surface area contributed by atoms with Crippen molar-refractivity contribution in [2.45, 2.75) is 44.4 Å². The fraction of sp³-hybridized carbons (Fsp3) is 0.667.